The molecular weight excluding hydrogens is 1070 g/mol. The minimum absolute atomic E-state index is 0.00855. The lowest BCUT2D eigenvalue weighted by atomic mass is 9.51. The van der Waals surface area contributed by atoms with E-state index in [9.17, 15) is 61.5 Å². The van der Waals surface area contributed by atoms with Crippen molar-refractivity contribution in [3.63, 3.8) is 0 Å². The molecule has 0 saturated heterocycles. The molecule has 0 saturated carbocycles. The van der Waals surface area contributed by atoms with Gasteiger partial charge in [-0.25, -0.2) is 35.6 Å². The summed E-state index contributed by atoms with van der Waals surface area (Å²) >= 11 is 5.80. The number of benzene rings is 2. The third kappa shape index (κ3) is 25.1. The Bertz CT molecular complexity index is 2880. The van der Waals surface area contributed by atoms with Crippen molar-refractivity contribution in [3.8, 4) is 0 Å². The predicted molar refractivity (Wildman–Crippen MR) is 284 cm³/mol. The molecule has 76 heavy (non-hydrogen) atoms. The van der Waals surface area contributed by atoms with Gasteiger partial charge in [0.05, 0.1) is 17.2 Å². The van der Waals surface area contributed by atoms with Gasteiger partial charge >= 0.3 is 12.4 Å². The maximum Gasteiger partial charge on any atom is 0.433 e. The van der Waals surface area contributed by atoms with E-state index in [1.807, 2.05) is 32.8 Å². The first-order valence-corrected chi connectivity index (χ1v) is 28.6. The van der Waals surface area contributed by atoms with E-state index in [1.54, 1.807) is 38.1 Å². The van der Waals surface area contributed by atoms with Crippen LogP contribution in [0.1, 0.15) is 131 Å². The fourth-order valence-corrected chi connectivity index (χ4v) is 8.17. The monoisotopic (exact) mass is 1130 g/mol. The third-order valence-corrected chi connectivity index (χ3v) is 13.7. The summed E-state index contributed by atoms with van der Waals surface area (Å²) in [6.07, 6.45) is -1.33. The van der Waals surface area contributed by atoms with Crippen LogP contribution in [-0.2, 0) is 67.3 Å². The molecule has 0 aliphatic carbocycles. The molecule has 0 aliphatic heterocycles. The van der Waals surface area contributed by atoms with Crippen molar-refractivity contribution < 1.29 is 71.8 Å². The number of aliphatic hydroxyl groups is 2. The van der Waals surface area contributed by atoms with E-state index >= 15 is 0 Å². The molecule has 0 spiro atoms. The molecule has 4 rings (SSSR count). The van der Waals surface area contributed by atoms with E-state index in [1.165, 1.54) is 36.4 Å². The number of halogens is 9. The van der Waals surface area contributed by atoms with E-state index < -0.39 is 66.9 Å². The average Bonchev–Trinajstić information content (AvgIpc) is 3.29. The van der Waals surface area contributed by atoms with E-state index in [0.717, 1.165) is 24.6 Å². The van der Waals surface area contributed by atoms with Crippen LogP contribution in [0.2, 0.25) is 5.15 Å². The molecule has 2 heterocycles. The molecule has 4 aromatic rings. The van der Waals surface area contributed by atoms with E-state index in [-0.39, 0.29) is 114 Å². The highest BCUT2D eigenvalue weighted by molar-refractivity contribution is 7.90. The Labute approximate surface area is 447 Å². The number of allylic oxidation sites excluding steroid dienone is 2. The van der Waals surface area contributed by atoms with Crippen LogP contribution in [0.4, 0.5) is 35.1 Å². The lowest BCUT2D eigenvalue weighted by Gasteiger charge is -2.15. The number of sulfone groups is 2. The molecule has 2 N–H and O–H groups in total. The number of aromatic nitrogens is 2. The highest BCUT2D eigenvalue weighted by atomic mass is 35.5. The number of pyridine rings is 2. The van der Waals surface area contributed by atoms with Crippen molar-refractivity contribution in [1.82, 2.24) is 9.97 Å². The van der Waals surface area contributed by atoms with Crippen LogP contribution in [0.25, 0.3) is 6.08 Å². The number of ketones is 2. The van der Waals surface area contributed by atoms with E-state index in [4.69, 9.17) is 21.8 Å². The zero-order valence-corrected chi connectivity index (χ0v) is 46.7. The van der Waals surface area contributed by atoms with Crippen LogP contribution in [-0.4, -0.2) is 92.3 Å². The molecule has 22 heteroatoms. The van der Waals surface area contributed by atoms with Crippen molar-refractivity contribution in [2.75, 3.05) is 37.0 Å². The molecule has 0 bridgehead atoms. The van der Waals surface area contributed by atoms with E-state index in [0.29, 0.717) is 22.3 Å². The first kappa shape index (κ1) is 67.3. The quantitative estimate of drug-likeness (QED) is 0.0493. The topological polar surface area (TPSA) is 169 Å². The SMILES string of the molecule is CC(C(=O)CCc1ccc(C(F)(F)F)nc1/C=C/C(C)(C)C)c1ccc(CCS(C)(=O)=O)c(F)c1.CC(C(=O)CCc1ccc(C(F)(F)F)nc1Cl)c1ccc(CCS(C)(=O)=O)c(F)c1.CC(C)(C)/C=C/B(CO)CO. The molecule has 10 nitrogen and oxygen atoms in total. The van der Waals surface area contributed by atoms with Crippen molar-refractivity contribution >= 4 is 55.6 Å². The lowest BCUT2D eigenvalue weighted by molar-refractivity contribution is -0.142. The summed E-state index contributed by atoms with van der Waals surface area (Å²) < 4.78 is 151. The maximum absolute atomic E-state index is 14.5. The first-order valence-electron chi connectivity index (χ1n) is 24.1. The fraction of sp³-hybridized carbons (Fsp3) is 0.481. The second-order valence-electron chi connectivity index (χ2n) is 20.8. The summed E-state index contributed by atoms with van der Waals surface area (Å²) in [6, 6.07) is 12.8. The third-order valence-electron chi connectivity index (χ3n) is 11.5. The molecule has 0 aliphatic rings. The summed E-state index contributed by atoms with van der Waals surface area (Å²) in [5.41, 5.74) is 0.119. The van der Waals surface area contributed by atoms with Gasteiger partial charge in [0.15, 0.2) is 0 Å². The Hall–Kier alpha value is -4.83. The van der Waals surface area contributed by atoms with Gasteiger partial charge in [-0.15, -0.1) is 5.98 Å². The number of alkyl halides is 6. The lowest BCUT2D eigenvalue weighted by Crippen LogP contribution is -2.22. The molecule has 0 fully saturated rings. The molecule has 2 atom stereocenters. The summed E-state index contributed by atoms with van der Waals surface area (Å²) in [5.74, 6) is -1.38. The number of hydrogen-bond donors (Lipinski definition) is 2. The summed E-state index contributed by atoms with van der Waals surface area (Å²) in [6.45, 7) is 15.1. The minimum Gasteiger partial charge on any atom is -0.404 e. The molecule has 2 unspecified atom stereocenters. The maximum atomic E-state index is 14.5. The first-order chi connectivity index (χ1) is 34.7. The largest absolute Gasteiger partial charge is 0.433 e. The van der Waals surface area contributed by atoms with Gasteiger partial charge in [-0.3, -0.25) is 9.59 Å². The zero-order chi connectivity index (χ0) is 58.2. The van der Waals surface area contributed by atoms with Gasteiger partial charge in [-0.1, -0.05) is 116 Å². The van der Waals surface area contributed by atoms with Crippen LogP contribution >= 0.6 is 11.6 Å². The van der Waals surface area contributed by atoms with Crippen molar-refractivity contribution in [3.05, 3.63) is 146 Å². The van der Waals surface area contributed by atoms with Gasteiger partial charge in [0.1, 0.15) is 59.4 Å². The Kier molecular flexibility index (Phi) is 25.4. The number of hydrogen-bond acceptors (Lipinski definition) is 10. The molecule has 0 radical (unpaired) electrons. The number of rotatable bonds is 20. The summed E-state index contributed by atoms with van der Waals surface area (Å²) in [7, 11) is -6.46. The van der Waals surface area contributed by atoms with Gasteiger partial charge < -0.3 is 10.2 Å². The standard InChI is InChI=1S/C26H31F4NO3S.C20H20ClF4NO3S.C8H17BO2/c1-17(20-7-6-18(21(27)16-20)13-15-35(5,33)34)23(32)10-8-19-9-11-24(26(28,29)30)31-22(19)12-14-25(2,3)4;1-12(15-4-3-13(16(22)11-15)9-10-30(2,28)29)17(27)7-5-14-6-8-18(20(23,24)25)26-19(14)21;1-8(2,3)4-5-9(6-10)7-11/h6-7,9,11-12,14,16-17H,8,10,13,15H2,1-5H3;3-4,6,8,11-12H,5,7,9-10H2,1-2H3;4-5,10-11H,6-7H2,1-3H3/b14-12+;;5-4+. The van der Waals surface area contributed by atoms with Crippen LogP contribution in [0.15, 0.2) is 78.8 Å². The van der Waals surface area contributed by atoms with Gasteiger partial charge in [-0.05, 0) is 100 Å². The second-order valence-corrected chi connectivity index (χ2v) is 25.6. The highest BCUT2D eigenvalue weighted by Gasteiger charge is 2.34. The highest BCUT2D eigenvalue weighted by Crippen LogP contribution is 2.32. The molecule has 420 valence electrons. The normalized spacial score (nSPS) is 13.4. The van der Waals surface area contributed by atoms with Crippen molar-refractivity contribution in [2.24, 2.45) is 10.8 Å². The Morgan fingerprint density at radius 1 is 0.605 bits per heavy atom. The van der Waals surface area contributed by atoms with Crippen LogP contribution in [0, 0.1) is 22.5 Å². The molecule has 0 amide bonds. The van der Waals surface area contributed by atoms with Crippen LogP contribution < -0.4 is 0 Å². The zero-order valence-electron chi connectivity index (χ0n) is 44.3. The van der Waals surface area contributed by atoms with Crippen molar-refractivity contribution in [1.29, 1.82) is 0 Å². The Morgan fingerprint density at radius 2 is 0.987 bits per heavy atom. The summed E-state index contributed by atoms with van der Waals surface area (Å²) in [4.78, 5) is 32.4. The van der Waals surface area contributed by atoms with Crippen LogP contribution in [0.5, 0.6) is 0 Å². The van der Waals surface area contributed by atoms with Crippen molar-refractivity contribution in [2.45, 2.75) is 118 Å². The number of nitrogens with zero attached hydrogens (tertiary/aromatic N) is 2. The van der Waals surface area contributed by atoms with E-state index in [2.05, 4.69) is 30.7 Å². The summed E-state index contributed by atoms with van der Waals surface area (Å²) in [5, 5.41) is 17.1. The molecule has 2 aromatic heterocycles. The average molecular weight is 1140 g/mol. The van der Waals surface area contributed by atoms with Crippen LogP contribution in [0.3, 0.4) is 0 Å². The number of Topliss-reactive ketones (excluding diaryl/α,β-unsaturated/α-hetero) is 2. The number of aryl methyl sites for hydroxylation is 4. The second kappa shape index (κ2) is 28.7. The van der Waals surface area contributed by atoms with Gasteiger partial charge in [0, 0.05) is 50.2 Å². The smallest absolute Gasteiger partial charge is 0.404 e. The minimum atomic E-state index is -4.61. The predicted octanol–water partition coefficient (Wildman–Crippen LogP) is 11.7. The van der Waals surface area contributed by atoms with Gasteiger partial charge in [-0.2, -0.15) is 26.3 Å². The molecular formula is C54H68BClF8N2O8S2. The fourth-order valence-electron chi connectivity index (χ4n) is 6.74. The molecule has 2 aromatic carbocycles. The Balaban J connectivity index is 0.000000438. The van der Waals surface area contributed by atoms with Gasteiger partial charge in [0.25, 0.3) is 0 Å². The Morgan fingerprint density at radius 3 is 1.34 bits per heavy atom. The van der Waals surface area contributed by atoms with Gasteiger partial charge in [0.2, 0.25) is 6.71 Å². The number of carbonyl (C=O) groups excluding carboxylic acids is 2. The number of aliphatic hydroxyl groups excluding tert-OH is 2. The number of carbonyl (C=O) groups is 2.